The Labute approximate surface area is 140 Å². The monoisotopic (exact) mass is 450 g/mol. The molecule has 1 heterocycles. The Balaban J connectivity index is 2.93. The highest BCUT2D eigenvalue weighted by molar-refractivity contribution is 9.09. The van der Waals surface area contributed by atoms with Crippen LogP contribution in [0.4, 0.5) is 0 Å². The molecule has 18 heavy (non-hydrogen) atoms. The van der Waals surface area contributed by atoms with Gasteiger partial charge in [-0.3, -0.25) is 0 Å². The normalized spacial score (nSPS) is 11.2. The fourth-order valence-electron chi connectivity index (χ4n) is 1.43. The average molecular weight is 454 g/mol. The Kier molecular flexibility index (Phi) is 5.01. The van der Waals surface area contributed by atoms with Crippen LogP contribution in [0.5, 0.6) is 0 Å². The van der Waals surface area contributed by atoms with Gasteiger partial charge in [-0.25, -0.2) is 9.97 Å². The standard InChI is InChI=1S/C10H4Br2Cl4N2/c11-1-3-4(2-12)18-10-8(16)6(14)5(13)7(15)9(10)17-3/h1-2H2. The maximum atomic E-state index is 6.12. The van der Waals surface area contributed by atoms with Gasteiger partial charge in [-0.2, -0.15) is 0 Å². The van der Waals surface area contributed by atoms with E-state index in [9.17, 15) is 0 Å². The van der Waals surface area contributed by atoms with Crippen molar-refractivity contribution in [1.29, 1.82) is 0 Å². The molecule has 0 bridgehead atoms. The van der Waals surface area contributed by atoms with Gasteiger partial charge in [0.2, 0.25) is 0 Å². The summed E-state index contributed by atoms with van der Waals surface area (Å²) < 4.78 is 0. The molecule has 0 aliphatic rings. The molecule has 2 nitrogen and oxygen atoms in total. The highest BCUT2D eigenvalue weighted by Crippen LogP contribution is 2.41. The first kappa shape index (κ1) is 15.1. The van der Waals surface area contributed by atoms with Crippen molar-refractivity contribution in [2.45, 2.75) is 10.7 Å². The van der Waals surface area contributed by atoms with Crippen molar-refractivity contribution in [3.8, 4) is 0 Å². The summed E-state index contributed by atoms with van der Waals surface area (Å²) in [5, 5.41) is 2.03. The van der Waals surface area contributed by atoms with E-state index in [1.165, 1.54) is 0 Å². The van der Waals surface area contributed by atoms with Crippen molar-refractivity contribution in [1.82, 2.24) is 9.97 Å². The first-order valence-electron chi connectivity index (χ1n) is 4.64. The van der Waals surface area contributed by atoms with Crippen LogP contribution in [-0.4, -0.2) is 9.97 Å². The molecule has 0 saturated carbocycles. The molecule has 0 fully saturated rings. The van der Waals surface area contributed by atoms with Gasteiger partial charge >= 0.3 is 0 Å². The third kappa shape index (κ3) is 2.48. The number of halogens is 6. The molecule has 2 rings (SSSR count). The van der Waals surface area contributed by atoms with E-state index in [0.29, 0.717) is 21.7 Å². The van der Waals surface area contributed by atoms with E-state index in [4.69, 9.17) is 46.4 Å². The number of benzene rings is 1. The summed E-state index contributed by atoms with van der Waals surface area (Å²) in [6.45, 7) is 0. The maximum absolute atomic E-state index is 6.12. The molecule has 96 valence electrons. The summed E-state index contributed by atoms with van der Waals surface area (Å²) in [4.78, 5) is 8.86. The van der Waals surface area contributed by atoms with Gasteiger partial charge in [0.1, 0.15) is 11.0 Å². The summed E-state index contributed by atoms with van der Waals surface area (Å²) in [7, 11) is 0. The lowest BCUT2D eigenvalue weighted by Crippen LogP contribution is -2.00. The van der Waals surface area contributed by atoms with Crippen LogP contribution >= 0.6 is 78.3 Å². The lowest BCUT2D eigenvalue weighted by Gasteiger charge is -2.10. The van der Waals surface area contributed by atoms with Crippen LogP contribution in [-0.2, 0) is 10.7 Å². The van der Waals surface area contributed by atoms with Crippen LogP contribution in [0.25, 0.3) is 11.0 Å². The van der Waals surface area contributed by atoms with Gasteiger partial charge in [-0.15, -0.1) is 0 Å². The largest absolute Gasteiger partial charge is 0.247 e. The molecule has 0 atom stereocenters. The molecule has 1 aromatic carbocycles. The molecule has 0 amide bonds. The topological polar surface area (TPSA) is 25.8 Å². The lowest BCUT2D eigenvalue weighted by atomic mass is 10.2. The van der Waals surface area contributed by atoms with Crippen LogP contribution in [0.1, 0.15) is 11.4 Å². The fraction of sp³-hybridized carbons (Fsp3) is 0.200. The zero-order valence-corrected chi connectivity index (χ0v) is 14.8. The molecular formula is C10H4Br2Cl4N2. The molecule has 0 N–H and O–H groups in total. The number of fused-ring (bicyclic) bond motifs is 1. The second-order valence-corrected chi connectivity index (χ2v) is 5.97. The van der Waals surface area contributed by atoms with Crippen LogP contribution in [0.15, 0.2) is 0 Å². The number of alkyl halides is 2. The molecule has 0 unspecified atom stereocenters. The second kappa shape index (κ2) is 5.98. The van der Waals surface area contributed by atoms with Crippen molar-refractivity contribution in [2.24, 2.45) is 0 Å². The summed E-state index contributed by atoms with van der Waals surface area (Å²) in [5.74, 6) is 0. The number of rotatable bonds is 2. The minimum absolute atomic E-state index is 0.192. The van der Waals surface area contributed by atoms with Crippen LogP contribution in [0.3, 0.4) is 0 Å². The maximum Gasteiger partial charge on any atom is 0.111 e. The van der Waals surface area contributed by atoms with Crippen molar-refractivity contribution >= 4 is 89.3 Å². The van der Waals surface area contributed by atoms with E-state index in [1.54, 1.807) is 0 Å². The Hall–Kier alpha value is 0.680. The van der Waals surface area contributed by atoms with Crippen molar-refractivity contribution in [2.75, 3.05) is 0 Å². The highest BCUT2D eigenvalue weighted by atomic mass is 79.9. The number of aromatic nitrogens is 2. The molecule has 0 spiro atoms. The smallest absolute Gasteiger partial charge is 0.111 e. The Morgan fingerprint density at radius 3 is 1.28 bits per heavy atom. The van der Waals surface area contributed by atoms with Gasteiger partial charge in [0.15, 0.2) is 0 Å². The number of hydrogen-bond donors (Lipinski definition) is 0. The molecule has 0 saturated heterocycles. The molecule has 0 radical (unpaired) electrons. The Morgan fingerprint density at radius 2 is 1.00 bits per heavy atom. The van der Waals surface area contributed by atoms with Gasteiger partial charge in [0.05, 0.1) is 31.5 Å². The predicted octanol–water partition coefficient (Wildman–Crippen LogP) is 6.03. The molecule has 8 heteroatoms. The van der Waals surface area contributed by atoms with E-state index in [-0.39, 0.29) is 20.1 Å². The van der Waals surface area contributed by atoms with Crippen molar-refractivity contribution in [3.05, 3.63) is 31.5 Å². The summed E-state index contributed by atoms with van der Waals surface area (Å²) in [5.41, 5.74) is 2.46. The van der Waals surface area contributed by atoms with E-state index in [1.807, 2.05) is 0 Å². The summed E-state index contributed by atoms with van der Waals surface area (Å²) in [6, 6.07) is 0. The first-order valence-corrected chi connectivity index (χ1v) is 8.40. The van der Waals surface area contributed by atoms with Crippen molar-refractivity contribution < 1.29 is 0 Å². The third-order valence-corrected chi connectivity index (χ3v) is 5.14. The zero-order valence-electron chi connectivity index (χ0n) is 8.58. The molecule has 2 aromatic rings. The molecule has 0 aliphatic carbocycles. The summed E-state index contributed by atoms with van der Waals surface area (Å²) >= 11 is 30.9. The average Bonchev–Trinajstić information content (AvgIpc) is 2.41. The lowest BCUT2D eigenvalue weighted by molar-refractivity contribution is 1.08. The SMILES string of the molecule is Clc1c(Cl)c(Cl)c2nc(CBr)c(CBr)nc2c1Cl. The second-order valence-electron chi connectivity index (χ2n) is 3.34. The van der Waals surface area contributed by atoms with Crippen LogP contribution in [0, 0.1) is 0 Å². The minimum atomic E-state index is 0.192. The van der Waals surface area contributed by atoms with Gasteiger partial charge < -0.3 is 0 Å². The molecule has 1 aromatic heterocycles. The van der Waals surface area contributed by atoms with E-state index < -0.39 is 0 Å². The van der Waals surface area contributed by atoms with Gasteiger partial charge in [0.25, 0.3) is 0 Å². The van der Waals surface area contributed by atoms with Gasteiger partial charge in [0, 0.05) is 10.7 Å². The quantitative estimate of drug-likeness (QED) is 0.315. The zero-order chi connectivity index (χ0) is 13.4. The Bertz CT molecular complexity index is 579. The predicted molar refractivity (Wildman–Crippen MR) is 84.8 cm³/mol. The number of hydrogen-bond acceptors (Lipinski definition) is 2. The van der Waals surface area contributed by atoms with Crippen LogP contribution < -0.4 is 0 Å². The fourth-order valence-corrected chi connectivity index (χ4v) is 3.24. The van der Waals surface area contributed by atoms with Gasteiger partial charge in [-0.05, 0) is 0 Å². The van der Waals surface area contributed by atoms with E-state index >= 15 is 0 Å². The Morgan fingerprint density at radius 1 is 0.667 bits per heavy atom. The summed E-state index contributed by atoms with van der Waals surface area (Å²) in [6.07, 6.45) is 0. The highest BCUT2D eigenvalue weighted by Gasteiger charge is 2.19. The van der Waals surface area contributed by atoms with Crippen LogP contribution in [0.2, 0.25) is 20.1 Å². The third-order valence-electron chi connectivity index (χ3n) is 2.30. The van der Waals surface area contributed by atoms with E-state index in [0.717, 1.165) is 11.4 Å². The molecule has 0 aliphatic heterocycles. The number of nitrogens with zero attached hydrogens (tertiary/aromatic N) is 2. The first-order chi connectivity index (χ1) is 8.51. The minimum Gasteiger partial charge on any atom is -0.247 e. The van der Waals surface area contributed by atoms with Gasteiger partial charge in [-0.1, -0.05) is 78.3 Å². The molecular weight excluding hydrogens is 450 g/mol. The van der Waals surface area contributed by atoms with Crippen molar-refractivity contribution in [3.63, 3.8) is 0 Å². The van der Waals surface area contributed by atoms with E-state index in [2.05, 4.69) is 41.8 Å².